The Morgan fingerprint density at radius 2 is 1.63 bits per heavy atom. The number of hydrogen-bond donors (Lipinski definition) is 3. The lowest BCUT2D eigenvalue weighted by atomic mass is 10.1. The molecule has 0 bridgehead atoms. The topological polar surface area (TPSA) is 91.3 Å². The molecule has 6 nitrogen and oxygen atoms in total. The van der Waals surface area contributed by atoms with Gasteiger partial charge in [0.05, 0.1) is 0 Å². The molecular formula is C21H19N3O3. The molecule has 0 spiro atoms. The number of pyridine rings is 1. The van der Waals surface area contributed by atoms with E-state index in [9.17, 15) is 14.7 Å². The summed E-state index contributed by atoms with van der Waals surface area (Å²) in [6, 6.07) is 17.2. The number of aromatic hydroxyl groups is 1. The Morgan fingerprint density at radius 1 is 0.926 bits per heavy atom. The molecule has 0 aliphatic carbocycles. The molecule has 3 aromatic rings. The van der Waals surface area contributed by atoms with Gasteiger partial charge in [-0.2, -0.15) is 0 Å². The van der Waals surface area contributed by atoms with Crippen LogP contribution in [0.2, 0.25) is 0 Å². The highest BCUT2D eigenvalue weighted by Crippen LogP contribution is 2.20. The summed E-state index contributed by atoms with van der Waals surface area (Å²) in [5, 5.41) is 14.3. The normalized spacial score (nSPS) is 10.2. The summed E-state index contributed by atoms with van der Waals surface area (Å²) in [5.41, 5.74) is 3.46. The van der Waals surface area contributed by atoms with Gasteiger partial charge in [-0.3, -0.25) is 15.1 Å². The number of urea groups is 1. The zero-order chi connectivity index (χ0) is 19.1. The van der Waals surface area contributed by atoms with Crippen molar-refractivity contribution in [3.63, 3.8) is 0 Å². The first kappa shape index (κ1) is 18.1. The van der Waals surface area contributed by atoms with Crippen LogP contribution in [0.4, 0.5) is 10.5 Å². The van der Waals surface area contributed by atoms with Crippen molar-refractivity contribution in [3.8, 4) is 16.9 Å². The minimum absolute atomic E-state index is 0.151. The summed E-state index contributed by atoms with van der Waals surface area (Å²) in [6.07, 6.45) is 4.03. The third kappa shape index (κ3) is 5.40. The van der Waals surface area contributed by atoms with E-state index >= 15 is 0 Å². The number of phenolic OH excluding ortho intramolecular Hbond substituents is 1. The molecule has 0 fully saturated rings. The van der Waals surface area contributed by atoms with Crippen molar-refractivity contribution in [2.75, 3.05) is 5.32 Å². The van der Waals surface area contributed by atoms with Crippen LogP contribution < -0.4 is 10.6 Å². The summed E-state index contributed by atoms with van der Waals surface area (Å²) < 4.78 is 0. The maximum Gasteiger partial charge on any atom is 0.325 e. The monoisotopic (exact) mass is 361 g/mol. The summed E-state index contributed by atoms with van der Waals surface area (Å²) >= 11 is 0. The first-order valence-corrected chi connectivity index (χ1v) is 8.49. The fraction of sp³-hybridized carbons (Fsp3) is 0.0952. The molecule has 0 saturated heterocycles. The lowest BCUT2D eigenvalue weighted by molar-refractivity contribution is -0.119. The smallest absolute Gasteiger partial charge is 0.325 e. The molecule has 0 atom stereocenters. The third-order valence-electron chi connectivity index (χ3n) is 3.96. The maximum absolute atomic E-state index is 12.0. The van der Waals surface area contributed by atoms with Crippen LogP contribution in [0.1, 0.15) is 12.0 Å². The standard InChI is InChI=1S/C21H19N3O3/c25-19-3-1-2-15(14-19)4-9-20(26)24-21(27)23-18-7-5-16(6-8-18)17-10-12-22-13-11-17/h1-3,5-8,10-14,25H,4,9H2,(H2,23,24,26,27). The van der Waals surface area contributed by atoms with E-state index in [1.807, 2.05) is 30.3 Å². The lowest BCUT2D eigenvalue weighted by Crippen LogP contribution is -2.34. The van der Waals surface area contributed by atoms with Crippen molar-refractivity contribution >= 4 is 17.6 Å². The highest BCUT2D eigenvalue weighted by atomic mass is 16.3. The number of phenols is 1. The summed E-state index contributed by atoms with van der Waals surface area (Å²) in [4.78, 5) is 27.8. The van der Waals surface area contributed by atoms with E-state index < -0.39 is 6.03 Å². The van der Waals surface area contributed by atoms with Crippen molar-refractivity contribution in [2.45, 2.75) is 12.8 Å². The van der Waals surface area contributed by atoms with Gasteiger partial charge < -0.3 is 10.4 Å². The molecule has 2 aromatic carbocycles. The molecular weight excluding hydrogens is 342 g/mol. The predicted octanol–water partition coefficient (Wildman–Crippen LogP) is 3.74. The van der Waals surface area contributed by atoms with E-state index in [0.29, 0.717) is 12.1 Å². The second-order valence-electron chi connectivity index (χ2n) is 5.99. The second kappa shape index (κ2) is 8.62. The second-order valence-corrected chi connectivity index (χ2v) is 5.99. The van der Waals surface area contributed by atoms with Crippen LogP contribution in [0.15, 0.2) is 73.1 Å². The van der Waals surface area contributed by atoms with Gasteiger partial charge in [-0.05, 0) is 59.5 Å². The molecule has 136 valence electrons. The van der Waals surface area contributed by atoms with E-state index in [4.69, 9.17) is 0 Å². The number of anilines is 1. The molecule has 0 saturated carbocycles. The molecule has 3 rings (SSSR count). The Bertz CT molecular complexity index is 925. The molecule has 1 heterocycles. The number of nitrogens with zero attached hydrogens (tertiary/aromatic N) is 1. The van der Waals surface area contributed by atoms with E-state index in [2.05, 4.69) is 15.6 Å². The summed E-state index contributed by atoms with van der Waals surface area (Å²) in [5.74, 6) is -0.231. The first-order valence-electron chi connectivity index (χ1n) is 8.49. The van der Waals surface area contributed by atoms with Crippen LogP contribution in [0.25, 0.3) is 11.1 Å². The molecule has 0 unspecified atom stereocenters. The maximum atomic E-state index is 12.0. The summed E-state index contributed by atoms with van der Waals surface area (Å²) in [6.45, 7) is 0. The predicted molar refractivity (Wildman–Crippen MR) is 103 cm³/mol. The largest absolute Gasteiger partial charge is 0.508 e. The van der Waals surface area contributed by atoms with E-state index in [-0.39, 0.29) is 18.1 Å². The Kier molecular flexibility index (Phi) is 5.79. The molecule has 6 heteroatoms. The molecule has 3 N–H and O–H groups in total. The van der Waals surface area contributed by atoms with Gasteiger partial charge in [0.2, 0.25) is 5.91 Å². The molecule has 3 amide bonds. The number of amides is 3. The van der Waals surface area contributed by atoms with Gasteiger partial charge >= 0.3 is 6.03 Å². The molecule has 0 aliphatic rings. The zero-order valence-corrected chi connectivity index (χ0v) is 14.6. The van der Waals surface area contributed by atoms with Crippen molar-refractivity contribution in [1.29, 1.82) is 0 Å². The van der Waals surface area contributed by atoms with Crippen LogP contribution in [0.3, 0.4) is 0 Å². The van der Waals surface area contributed by atoms with Gasteiger partial charge in [0.1, 0.15) is 5.75 Å². The molecule has 1 aromatic heterocycles. The minimum Gasteiger partial charge on any atom is -0.508 e. The average molecular weight is 361 g/mol. The molecule has 0 radical (unpaired) electrons. The van der Waals surface area contributed by atoms with Crippen molar-refractivity contribution < 1.29 is 14.7 Å². The van der Waals surface area contributed by atoms with Crippen LogP contribution >= 0.6 is 0 Å². The van der Waals surface area contributed by atoms with E-state index in [1.54, 1.807) is 42.7 Å². The first-order chi connectivity index (χ1) is 13.1. The lowest BCUT2D eigenvalue weighted by Gasteiger charge is -2.08. The number of carbonyl (C=O) groups excluding carboxylic acids is 2. The number of aryl methyl sites for hydroxylation is 1. The fourth-order valence-electron chi connectivity index (χ4n) is 2.61. The zero-order valence-electron chi connectivity index (χ0n) is 14.6. The Hall–Kier alpha value is -3.67. The minimum atomic E-state index is -0.576. The number of rotatable bonds is 5. The highest BCUT2D eigenvalue weighted by molar-refractivity contribution is 6.01. The number of imide groups is 1. The van der Waals surface area contributed by atoms with Gasteiger partial charge in [0.15, 0.2) is 0 Å². The van der Waals surface area contributed by atoms with Crippen LogP contribution in [0.5, 0.6) is 5.75 Å². The van der Waals surface area contributed by atoms with Crippen LogP contribution in [-0.2, 0) is 11.2 Å². The number of nitrogens with one attached hydrogen (secondary N) is 2. The van der Waals surface area contributed by atoms with Crippen LogP contribution in [-0.4, -0.2) is 22.0 Å². The SMILES string of the molecule is O=C(CCc1cccc(O)c1)NC(=O)Nc1ccc(-c2ccncc2)cc1. The Morgan fingerprint density at radius 3 is 2.33 bits per heavy atom. The van der Waals surface area contributed by atoms with Gasteiger partial charge in [0.25, 0.3) is 0 Å². The van der Waals surface area contributed by atoms with Crippen molar-refractivity contribution in [3.05, 3.63) is 78.6 Å². The Balaban J connectivity index is 1.49. The van der Waals surface area contributed by atoms with E-state index in [1.165, 1.54) is 0 Å². The van der Waals surface area contributed by atoms with Gasteiger partial charge in [0, 0.05) is 24.5 Å². The number of carbonyl (C=O) groups is 2. The van der Waals surface area contributed by atoms with E-state index in [0.717, 1.165) is 16.7 Å². The number of aromatic nitrogens is 1. The number of benzene rings is 2. The summed E-state index contributed by atoms with van der Waals surface area (Å²) in [7, 11) is 0. The Labute approximate surface area is 156 Å². The van der Waals surface area contributed by atoms with Gasteiger partial charge in [-0.15, -0.1) is 0 Å². The molecule has 0 aliphatic heterocycles. The fourth-order valence-corrected chi connectivity index (χ4v) is 2.61. The average Bonchev–Trinajstić information content (AvgIpc) is 2.68. The van der Waals surface area contributed by atoms with Crippen molar-refractivity contribution in [1.82, 2.24) is 10.3 Å². The van der Waals surface area contributed by atoms with Crippen molar-refractivity contribution in [2.24, 2.45) is 0 Å². The number of hydrogen-bond acceptors (Lipinski definition) is 4. The highest BCUT2D eigenvalue weighted by Gasteiger charge is 2.09. The quantitative estimate of drug-likeness (QED) is 0.646. The third-order valence-corrected chi connectivity index (χ3v) is 3.96. The molecule has 27 heavy (non-hydrogen) atoms. The van der Waals surface area contributed by atoms with Crippen LogP contribution in [0, 0.1) is 0 Å². The van der Waals surface area contributed by atoms with Gasteiger partial charge in [-0.1, -0.05) is 24.3 Å². The van der Waals surface area contributed by atoms with Gasteiger partial charge in [-0.25, -0.2) is 4.79 Å².